The first-order chi connectivity index (χ1) is 8.41. The van der Waals surface area contributed by atoms with E-state index in [4.69, 9.17) is 5.11 Å². The quantitative estimate of drug-likeness (QED) is 0.866. The number of hydrogen-bond acceptors (Lipinski definition) is 3. The lowest BCUT2D eigenvalue weighted by molar-refractivity contribution is 0.0690. The molecule has 1 rings (SSSR count). The molecule has 0 bridgehead atoms. The zero-order valence-corrected chi connectivity index (χ0v) is 10.9. The Morgan fingerprint density at radius 1 is 1.33 bits per heavy atom. The van der Waals surface area contributed by atoms with Crippen LogP contribution in [0.15, 0.2) is 18.2 Å². The van der Waals surface area contributed by atoms with Crippen molar-refractivity contribution in [2.24, 2.45) is 5.92 Å². The van der Waals surface area contributed by atoms with Gasteiger partial charge in [0.15, 0.2) is 0 Å². The van der Waals surface area contributed by atoms with Crippen molar-refractivity contribution in [2.45, 2.75) is 20.3 Å². The second-order valence-corrected chi connectivity index (χ2v) is 4.62. The largest absolute Gasteiger partial charge is 0.477 e. The fraction of sp³-hybridized carbons (Fsp3) is 0.462. The maximum absolute atomic E-state index is 12.0. The number of nitrogens with zero attached hydrogens (tertiary/aromatic N) is 2. The van der Waals surface area contributed by atoms with Crippen molar-refractivity contribution >= 4 is 11.9 Å². The van der Waals surface area contributed by atoms with Crippen molar-refractivity contribution in [1.29, 1.82) is 0 Å². The Morgan fingerprint density at radius 3 is 2.50 bits per heavy atom. The van der Waals surface area contributed by atoms with Crippen LogP contribution in [0.2, 0.25) is 0 Å². The Kier molecular flexibility index (Phi) is 4.83. The molecule has 0 aliphatic heterocycles. The van der Waals surface area contributed by atoms with Crippen molar-refractivity contribution in [3.8, 4) is 0 Å². The average molecular weight is 250 g/mol. The molecule has 0 aromatic carbocycles. The van der Waals surface area contributed by atoms with E-state index in [-0.39, 0.29) is 17.3 Å². The molecule has 0 aliphatic carbocycles. The zero-order valence-electron chi connectivity index (χ0n) is 10.9. The first kappa shape index (κ1) is 14.2. The van der Waals surface area contributed by atoms with Gasteiger partial charge in [-0.05, 0) is 24.5 Å². The van der Waals surface area contributed by atoms with Gasteiger partial charge in [-0.15, -0.1) is 0 Å². The van der Waals surface area contributed by atoms with Crippen LogP contribution in [0.4, 0.5) is 0 Å². The maximum atomic E-state index is 12.0. The average Bonchev–Trinajstić information content (AvgIpc) is 2.35. The molecule has 0 saturated carbocycles. The Bertz CT molecular complexity index is 444. The maximum Gasteiger partial charge on any atom is 0.354 e. The lowest BCUT2D eigenvalue weighted by Crippen LogP contribution is -2.29. The van der Waals surface area contributed by atoms with E-state index in [0.29, 0.717) is 12.5 Å². The highest BCUT2D eigenvalue weighted by Crippen LogP contribution is 2.06. The topological polar surface area (TPSA) is 70.5 Å². The van der Waals surface area contributed by atoms with Gasteiger partial charge in [-0.2, -0.15) is 0 Å². The molecular formula is C13H18N2O3. The Labute approximate surface area is 106 Å². The van der Waals surface area contributed by atoms with Crippen molar-refractivity contribution in [3.05, 3.63) is 29.6 Å². The molecule has 0 aliphatic rings. The standard InChI is InChI=1S/C13H18N2O3/c1-9(2)7-8-15(3)12(16)10-5-4-6-11(14-10)13(17)18/h4-6,9H,7-8H2,1-3H3,(H,17,18). The number of carbonyl (C=O) groups is 2. The van der Waals surface area contributed by atoms with Crippen LogP contribution in [-0.4, -0.2) is 40.5 Å². The number of pyridine rings is 1. The second-order valence-electron chi connectivity index (χ2n) is 4.62. The number of carboxylic acids is 1. The molecule has 18 heavy (non-hydrogen) atoms. The van der Waals surface area contributed by atoms with Gasteiger partial charge in [0.1, 0.15) is 11.4 Å². The highest BCUT2D eigenvalue weighted by molar-refractivity contribution is 5.94. The molecule has 0 radical (unpaired) electrons. The lowest BCUT2D eigenvalue weighted by Gasteiger charge is -2.17. The van der Waals surface area contributed by atoms with Crippen LogP contribution < -0.4 is 0 Å². The third-order valence-electron chi connectivity index (χ3n) is 2.58. The summed E-state index contributed by atoms with van der Waals surface area (Å²) in [5.74, 6) is -0.869. The molecule has 5 heteroatoms. The Morgan fingerprint density at radius 2 is 1.94 bits per heavy atom. The molecule has 1 aromatic heterocycles. The summed E-state index contributed by atoms with van der Waals surface area (Å²) in [7, 11) is 1.69. The SMILES string of the molecule is CC(C)CCN(C)C(=O)c1cccc(C(=O)O)n1. The second kappa shape index (κ2) is 6.14. The van der Waals surface area contributed by atoms with Crippen molar-refractivity contribution in [1.82, 2.24) is 9.88 Å². The minimum absolute atomic E-state index is 0.113. The summed E-state index contributed by atoms with van der Waals surface area (Å²) >= 11 is 0. The Balaban J connectivity index is 2.77. The number of amides is 1. The fourth-order valence-corrected chi connectivity index (χ4v) is 1.42. The molecule has 1 aromatic rings. The summed E-state index contributed by atoms with van der Waals surface area (Å²) in [6.07, 6.45) is 0.904. The highest BCUT2D eigenvalue weighted by atomic mass is 16.4. The van der Waals surface area contributed by atoms with E-state index in [1.807, 2.05) is 0 Å². The van der Waals surface area contributed by atoms with Gasteiger partial charge in [0.2, 0.25) is 0 Å². The summed E-state index contributed by atoms with van der Waals surface area (Å²) in [6, 6.07) is 4.42. The van der Waals surface area contributed by atoms with Crippen molar-refractivity contribution in [2.75, 3.05) is 13.6 Å². The lowest BCUT2D eigenvalue weighted by atomic mass is 10.1. The molecular weight excluding hydrogens is 232 g/mol. The molecule has 1 heterocycles. The van der Waals surface area contributed by atoms with Crippen LogP contribution >= 0.6 is 0 Å². The van der Waals surface area contributed by atoms with Gasteiger partial charge in [-0.25, -0.2) is 9.78 Å². The van der Waals surface area contributed by atoms with Gasteiger partial charge < -0.3 is 10.0 Å². The molecule has 0 unspecified atom stereocenters. The van der Waals surface area contributed by atoms with Gasteiger partial charge >= 0.3 is 5.97 Å². The minimum atomic E-state index is -1.13. The number of carboxylic acid groups (broad SMARTS) is 1. The van der Waals surface area contributed by atoms with Crippen molar-refractivity contribution in [3.63, 3.8) is 0 Å². The van der Waals surface area contributed by atoms with Crippen LogP contribution in [-0.2, 0) is 0 Å². The number of hydrogen-bond donors (Lipinski definition) is 1. The van der Waals surface area contributed by atoms with Crippen LogP contribution in [0.5, 0.6) is 0 Å². The minimum Gasteiger partial charge on any atom is -0.477 e. The third-order valence-corrected chi connectivity index (χ3v) is 2.58. The van der Waals surface area contributed by atoms with Crippen LogP contribution in [0.25, 0.3) is 0 Å². The molecule has 1 N–H and O–H groups in total. The predicted molar refractivity (Wildman–Crippen MR) is 67.6 cm³/mol. The molecule has 0 saturated heterocycles. The smallest absolute Gasteiger partial charge is 0.354 e. The predicted octanol–water partition coefficient (Wildman–Crippen LogP) is 1.90. The summed E-state index contributed by atoms with van der Waals surface area (Å²) in [4.78, 5) is 28.2. The summed E-state index contributed by atoms with van der Waals surface area (Å²) in [5.41, 5.74) is 0.0549. The van der Waals surface area contributed by atoms with Gasteiger partial charge in [0.25, 0.3) is 5.91 Å². The summed E-state index contributed by atoms with van der Waals surface area (Å²) in [5, 5.41) is 8.82. The van der Waals surface area contributed by atoms with Gasteiger partial charge in [0.05, 0.1) is 0 Å². The van der Waals surface area contributed by atoms with E-state index < -0.39 is 5.97 Å². The first-order valence-electron chi connectivity index (χ1n) is 5.87. The zero-order chi connectivity index (χ0) is 13.7. The number of aromatic nitrogens is 1. The normalized spacial score (nSPS) is 10.4. The molecule has 0 fully saturated rings. The van der Waals surface area contributed by atoms with E-state index in [1.165, 1.54) is 18.2 Å². The number of aromatic carboxylic acids is 1. The van der Waals surface area contributed by atoms with E-state index in [2.05, 4.69) is 18.8 Å². The van der Waals surface area contributed by atoms with Crippen LogP contribution in [0.3, 0.4) is 0 Å². The van der Waals surface area contributed by atoms with Gasteiger partial charge in [-0.1, -0.05) is 19.9 Å². The molecule has 98 valence electrons. The summed E-state index contributed by atoms with van der Waals surface area (Å²) < 4.78 is 0. The summed E-state index contributed by atoms with van der Waals surface area (Å²) in [6.45, 7) is 4.80. The van der Waals surface area contributed by atoms with Gasteiger partial charge in [-0.3, -0.25) is 4.79 Å². The fourth-order valence-electron chi connectivity index (χ4n) is 1.42. The highest BCUT2D eigenvalue weighted by Gasteiger charge is 2.15. The van der Waals surface area contributed by atoms with E-state index in [9.17, 15) is 9.59 Å². The number of rotatable bonds is 5. The molecule has 1 amide bonds. The van der Waals surface area contributed by atoms with Gasteiger partial charge in [0, 0.05) is 13.6 Å². The van der Waals surface area contributed by atoms with Crippen molar-refractivity contribution < 1.29 is 14.7 Å². The molecule has 0 atom stereocenters. The van der Waals surface area contributed by atoms with E-state index in [1.54, 1.807) is 11.9 Å². The molecule has 5 nitrogen and oxygen atoms in total. The first-order valence-corrected chi connectivity index (χ1v) is 5.87. The Hall–Kier alpha value is -1.91. The number of carbonyl (C=O) groups excluding carboxylic acids is 1. The van der Waals surface area contributed by atoms with E-state index in [0.717, 1.165) is 6.42 Å². The van der Waals surface area contributed by atoms with Crippen LogP contribution in [0, 0.1) is 5.92 Å². The van der Waals surface area contributed by atoms with Crippen LogP contribution in [0.1, 0.15) is 41.2 Å². The monoisotopic (exact) mass is 250 g/mol. The third kappa shape index (κ3) is 3.84. The van der Waals surface area contributed by atoms with E-state index >= 15 is 0 Å². The molecule has 0 spiro atoms.